The summed E-state index contributed by atoms with van der Waals surface area (Å²) in [6.45, 7) is 3.34. The van der Waals surface area contributed by atoms with Crippen molar-refractivity contribution >= 4 is 29.0 Å². The van der Waals surface area contributed by atoms with Gasteiger partial charge >= 0.3 is 0 Å². The van der Waals surface area contributed by atoms with Crippen LogP contribution >= 0.6 is 11.6 Å². The molecule has 6 heteroatoms. The second-order valence-electron chi connectivity index (χ2n) is 6.22. The van der Waals surface area contributed by atoms with E-state index in [4.69, 9.17) is 11.6 Å². The van der Waals surface area contributed by atoms with Gasteiger partial charge in [0.2, 0.25) is 5.91 Å². The van der Waals surface area contributed by atoms with Gasteiger partial charge in [-0.3, -0.25) is 4.79 Å². The average Bonchev–Trinajstić information content (AvgIpc) is 2.63. The topological polar surface area (TPSA) is 69.0 Å². The molecule has 1 aromatic carbocycles. The molecule has 0 atom stereocenters. The van der Waals surface area contributed by atoms with Gasteiger partial charge in [0.1, 0.15) is 11.9 Å². The minimum Gasteiger partial charge on any atom is -0.369 e. The summed E-state index contributed by atoms with van der Waals surface area (Å²) in [4.78, 5) is 18.7. The van der Waals surface area contributed by atoms with Gasteiger partial charge in [0.05, 0.1) is 16.3 Å². The first-order chi connectivity index (χ1) is 12.1. The quantitative estimate of drug-likeness (QED) is 0.910. The molecule has 128 valence electrons. The number of aryl methyl sites for hydroxylation is 1. The Labute approximate surface area is 152 Å². The number of pyridine rings is 1. The zero-order valence-corrected chi connectivity index (χ0v) is 14.8. The van der Waals surface area contributed by atoms with Gasteiger partial charge in [-0.1, -0.05) is 23.7 Å². The van der Waals surface area contributed by atoms with Gasteiger partial charge in [-0.05, 0) is 43.5 Å². The zero-order chi connectivity index (χ0) is 17.8. The maximum atomic E-state index is 12.4. The molecule has 0 saturated carbocycles. The molecule has 1 saturated heterocycles. The van der Waals surface area contributed by atoms with Crippen LogP contribution in [0.4, 0.5) is 11.5 Å². The third-order valence-electron chi connectivity index (χ3n) is 4.45. The van der Waals surface area contributed by atoms with E-state index in [9.17, 15) is 10.1 Å². The van der Waals surface area contributed by atoms with Crippen molar-refractivity contribution in [3.05, 3.63) is 52.7 Å². The van der Waals surface area contributed by atoms with E-state index < -0.39 is 0 Å². The minimum atomic E-state index is -0.0626. The summed E-state index contributed by atoms with van der Waals surface area (Å²) < 4.78 is 0. The number of carbonyl (C=O) groups is 1. The molecule has 2 aromatic rings. The summed E-state index contributed by atoms with van der Waals surface area (Å²) in [5, 5.41) is 12.7. The largest absolute Gasteiger partial charge is 0.369 e. The van der Waals surface area contributed by atoms with Crippen LogP contribution < -0.4 is 10.2 Å². The second kappa shape index (κ2) is 7.54. The number of nitriles is 1. The third-order valence-corrected chi connectivity index (χ3v) is 4.76. The van der Waals surface area contributed by atoms with Crippen LogP contribution in [0.1, 0.15) is 24.0 Å². The Hall–Kier alpha value is -2.58. The molecule has 1 aliphatic heterocycles. The summed E-state index contributed by atoms with van der Waals surface area (Å²) >= 11 is 6.28. The molecule has 1 amide bonds. The Morgan fingerprint density at radius 3 is 2.72 bits per heavy atom. The smallest absolute Gasteiger partial charge is 0.228 e. The van der Waals surface area contributed by atoms with Gasteiger partial charge in [-0.2, -0.15) is 5.26 Å². The predicted molar refractivity (Wildman–Crippen MR) is 98.7 cm³/mol. The highest BCUT2D eigenvalue weighted by Crippen LogP contribution is 2.32. The maximum Gasteiger partial charge on any atom is 0.228 e. The fourth-order valence-corrected chi connectivity index (χ4v) is 3.36. The first-order valence-electron chi connectivity index (χ1n) is 8.25. The number of halogens is 1. The van der Waals surface area contributed by atoms with Gasteiger partial charge in [-0.15, -0.1) is 0 Å². The third kappa shape index (κ3) is 3.92. The molecule has 1 aromatic heterocycles. The van der Waals surface area contributed by atoms with E-state index >= 15 is 0 Å². The molecule has 0 spiro atoms. The van der Waals surface area contributed by atoms with Crippen molar-refractivity contribution in [1.82, 2.24) is 4.98 Å². The molecule has 0 bridgehead atoms. The second-order valence-corrected chi connectivity index (χ2v) is 6.63. The summed E-state index contributed by atoms with van der Waals surface area (Å²) in [5.41, 5.74) is 2.39. The number of anilines is 2. The monoisotopic (exact) mass is 354 g/mol. The molecular weight excluding hydrogens is 336 g/mol. The SMILES string of the molecule is Cc1ccc(NC(=O)C2CCN(c3c(Cl)cccc3C#N)CC2)nc1. The van der Waals surface area contributed by atoms with Crippen LogP contribution in [0.25, 0.3) is 0 Å². The van der Waals surface area contributed by atoms with Crippen LogP contribution in [0.5, 0.6) is 0 Å². The summed E-state index contributed by atoms with van der Waals surface area (Å²) in [6, 6.07) is 11.3. The molecule has 25 heavy (non-hydrogen) atoms. The lowest BCUT2D eigenvalue weighted by Gasteiger charge is -2.33. The molecule has 2 heterocycles. The van der Waals surface area contributed by atoms with Crippen molar-refractivity contribution in [2.24, 2.45) is 5.92 Å². The van der Waals surface area contributed by atoms with Crippen LogP contribution in [-0.2, 0) is 4.79 Å². The van der Waals surface area contributed by atoms with E-state index in [-0.39, 0.29) is 11.8 Å². The van der Waals surface area contributed by atoms with Crippen LogP contribution in [0.2, 0.25) is 5.02 Å². The van der Waals surface area contributed by atoms with Crippen molar-refractivity contribution < 1.29 is 4.79 Å². The summed E-state index contributed by atoms with van der Waals surface area (Å²) in [5.74, 6) is 0.513. The average molecular weight is 355 g/mol. The van der Waals surface area contributed by atoms with Crippen molar-refractivity contribution in [3.8, 4) is 6.07 Å². The number of amides is 1. The van der Waals surface area contributed by atoms with Gasteiger partial charge in [0, 0.05) is 25.2 Å². The Kier molecular flexibility index (Phi) is 5.20. The Bertz CT molecular complexity index is 805. The first-order valence-corrected chi connectivity index (χ1v) is 8.63. The fourth-order valence-electron chi connectivity index (χ4n) is 3.06. The number of nitrogens with zero attached hydrogens (tertiary/aromatic N) is 3. The van der Waals surface area contributed by atoms with Crippen molar-refractivity contribution in [1.29, 1.82) is 5.26 Å². The van der Waals surface area contributed by atoms with Gasteiger partial charge in [0.25, 0.3) is 0 Å². The molecule has 0 aliphatic carbocycles. The van der Waals surface area contributed by atoms with Gasteiger partial charge < -0.3 is 10.2 Å². The van der Waals surface area contributed by atoms with Crippen molar-refractivity contribution in [2.75, 3.05) is 23.3 Å². The summed E-state index contributed by atoms with van der Waals surface area (Å²) in [7, 11) is 0. The lowest BCUT2D eigenvalue weighted by Crippen LogP contribution is -2.38. The Morgan fingerprint density at radius 2 is 2.08 bits per heavy atom. The standard InChI is InChI=1S/C19H19ClN4O/c1-13-5-6-17(22-12-13)23-19(25)14-7-9-24(10-8-14)18-15(11-21)3-2-4-16(18)20/h2-6,12,14H,7-10H2,1H3,(H,22,23,25). The van der Waals surface area contributed by atoms with Crippen molar-refractivity contribution in [3.63, 3.8) is 0 Å². The molecular formula is C19H19ClN4O. The molecule has 3 rings (SSSR count). The van der Waals surface area contributed by atoms with Crippen LogP contribution in [-0.4, -0.2) is 24.0 Å². The van der Waals surface area contributed by atoms with E-state index in [1.165, 1.54) is 0 Å². The van der Waals surface area contributed by atoms with Gasteiger partial charge in [-0.25, -0.2) is 4.98 Å². The van der Waals surface area contributed by atoms with Crippen LogP contribution in [0.3, 0.4) is 0 Å². The maximum absolute atomic E-state index is 12.4. The van der Waals surface area contributed by atoms with E-state index in [1.807, 2.05) is 19.1 Å². The molecule has 1 N–H and O–H groups in total. The lowest BCUT2D eigenvalue weighted by atomic mass is 9.95. The molecule has 1 aliphatic rings. The predicted octanol–water partition coefficient (Wildman–Crippen LogP) is 3.77. The first kappa shape index (κ1) is 17.2. The molecule has 1 fully saturated rings. The number of hydrogen-bond donors (Lipinski definition) is 1. The Balaban J connectivity index is 1.63. The highest BCUT2D eigenvalue weighted by molar-refractivity contribution is 6.33. The number of aromatic nitrogens is 1. The lowest BCUT2D eigenvalue weighted by molar-refractivity contribution is -0.120. The highest BCUT2D eigenvalue weighted by Gasteiger charge is 2.27. The fraction of sp³-hybridized carbons (Fsp3) is 0.316. The molecule has 0 radical (unpaired) electrons. The van der Waals surface area contributed by atoms with E-state index in [1.54, 1.807) is 24.4 Å². The molecule has 0 unspecified atom stereocenters. The number of hydrogen-bond acceptors (Lipinski definition) is 4. The van der Waals surface area contributed by atoms with Crippen LogP contribution in [0.15, 0.2) is 36.5 Å². The van der Waals surface area contributed by atoms with Crippen LogP contribution in [0, 0.1) is 24.2 Å². The number of benzene rings is 1. The highest BCUT2D eigenvalue weighted by atomic mass is 35.5. The zero-order valence-electron chi connectivity index (χ0n) is 14.0. The van der Waals surface area contributed by atoms with E-state index in [0.717, 1.165) is 11.3 Å². The number of nitrogens with one attached hydrogen (secondary N) is 1. The normalized spacial score (nSPS) is 14.8. The minimum absolute atomic E-state index is 0.00401. The number of rotatable bonds is 3. The number of para-hydroxylation sites is 1. The molecule has 5 nitrogen and oxygen atoms in total. The number of piperidine rings is 1. The van der Waals surface area contributed by atoms with Crippen molar-refractivity contribution in [2.45, 2.75) is 19.8 Å². The van der Waals surface area contributed by atoms with E-state index in [0.29, 0.717) is 42.3 Å². The number of carbonyl (C=O) groups excluding carboxylic acids is 1. The summed E-state index contributed by atoms with van der Waals surface area (Å²) in [6.07, 6.45) is 3.17. The van der Waals surface area contributed by atoms with E-state index in [2.05, 4.69) is 21.3 Å². The Morgan fingerprint density at radius 1 is 1.32 bits per heavy atom. The van der Waals surface area contributed by atoms with Gasteiger partial charge in [0.15, 0.2) is 0 Å².